The van der Waals surface area contributed by atoms with E-state index >= 15 is 0 Å². The van der Waals surface area contributed by atoms with E-state index in [9.17, 15) is 4.79 Å². The Morgan fingerprint density at radius 2 is 1.76 bits per heavy atom. The molecule has 2 aromatic rings. The van der Waals surface area contributed by atoms with E-state index in [4.69, 9.17) is 11.6 Å². The number of aromatic nitrogens is 1. The minimum atomic E-state index is -1.19. The second kappa shape index (κ2) is 4.68. The van der Waals surface area contributed by atoms with Gasteiger partial charge in [-0.3, -0.25) is 9.78 Å². The molecule has 1 atom stereocenters. The first-order valence-electron chi connectivity index (χ1n) is 5.32. The van der Waals surface area contributed by atoms with Crippen LogP contribution in [-0.4, -0.2) is 10.8 Å². The molecule has 0 N–H and O–H groups in total. The number of rotatable bonds is 3. The number of benzene rings is 1. The Labute approximate surface area is 105 Å². The minimum Gasteiger partial charge on any atom is -0.297 e. The summed E-state index contributed by atoms with van der Waals surface area (Å²) >= 11 is 6.51. The zero-order valence-electron chi connectivity index (χ0n) is 9.43. The monoisotopic (exact) mass is 245 g/mol. The Morgan fingerprint density at radius 1 is 1.12 bits per heavy atom. The van der Waals surface area contributed by atoms with Crippen molar-refractivity contribution in [2.45, 2.75) is 11.8 Å². The average Bonchev–Trinajstić information content (AvgIpc) is 2.39. The summed E-state index contributed by atoms with van der Waals surface area (Å²) in [7, 11) is 0. The van der Waals surface area contributed by atoms with Crippen LogP contribution in [0.2, 0.25) is 0 Å². The molecule has 1 aromatic heterocycles. The predicted octanol–water partition coefficient (Wildman–Crippen LogP) is 3.15. The Hall–Kier alpha value is -1.67. The molecule has 0 spiro atoms. The molecule has 86 valence electrons. The van der Waals surface area contributed by atoms with Crippen LogP contribution in [-0.2, 0) is 9.67 Å². The number of ketones is 1. The van der Waals surface area contributed by atoms with Crippen molar-refractivity contribution in [3.63, 3.8) is 0 Å². The molecule has 1 unspecified atom stereocenters. The fourth-order valence-corrected chi connectivity index (χ4v) is 2.00. The highest BCUT2D eigenvalue weighted by molar-refractivity contribution is 6.36. The van der Waals surface area contributed by atoms with Crippen LogP contribution in [0.1, 0.15) is 18.2 Å². The lowest BCUT2D eigenvalue weighted by Gasteiger charge is -2.23. The molecular weight excluding hydrogens is 234 g/mol. The quantitative estimate of drug-likeness (QED) is 0.778. The molecule has 1 heterocycles. The Balaban J connectivity index is 2.59. The summed E-state index contributed by atoms with van der Waals surface area (Å²) in [5, 5.41) is 0. The van der Waals surface area contributed by atoms with E-state index in [0.717, 1.165) is 5.56 Å². The van der Waals surface area contributed by atoms with Crippen molar-refractivity contribution in [2.24, 2.45) is 0 Å². The summed E-state index contributed by atoms with van der Waals surface area (Å²) in [6, 6.07) is 14.7. The summed E-state index contributed by atoms with van der Waals surface area (Å²) in [4.78, 5) is 14.9. The topological polar surface area (TPSA) is 30.0 Å². The number of alkyl halides is 1. The third-order valence-electron chi connectivity index (χ3n) is 2.67. The first-order valence-corrected chi connectivity index (χ1v) is 5.70. The van der Waals surface area contributed by atoms with Crippen LogP contribution >= 0.6 is 11.6 Å². The second-order valence-electron chi connectivity index (χ2n) is 3.80. The van der Waals surface area contributed by atoms with E-state index in [1.165, 1.54) is 6.92 Å². The molecule has 0 aliphatic rings. The number of carbonyl (C=O) groups is 1. The smallest absolute Gasteiger partial charge is 0.169 e. The summed E-state index contributed by atoms with van der Waals surface area (Å²) in [6.07, 6.45) is 1.64. The molecule has 2 rings (SSSR count). The van der Waals surface area contributed by atoms with E-state index in [0.29, 0.717) is 5.69 Å². The third-order valence-corrected chi connectivity index (χ3v) is 3.35. The molecule has 3 heteroatoms. The molecule has 0 amide bonds. The number of Topliss-reactive ketones (excluding diaryl/α,β-unsaturated/α-hetero) is 1. The van der Waals surface area contributed by atoms with E-state index in [2.05, 4.69) is 4.98 Å². The van der Waals surface area contributed by atoms with Gasteiger partial charge in [0.05, 0.1) is 5.69 Å². The highest BCUT2D eigenvalue weighted by Gasteiger charge is 2.38. The van der Waals surface area contributed by atoms with Gasteiger partial charge in [0.25, 0.3) is 0 Å². The number of halogens is 1. The van der Waals surface area contributed by atoms with Gasteiger partial charge in [-0.2, -0.15) is 0 Å². The van der Waals surface area contributed by atoms with Gasteiger partial charge in [-0.05, 0) is 24.6 Å². The average molecular weight is 246 g/mol. The minimum absolute atomic E-state index is 0.135. The zero-order valence-corrected chi connectivity index (χ0v) is 10.2. The second-order valence-corrected chi connectivity index (χ2v) is 4.36. The van der Waals surface area contributed by atoms with Gasteiger partial charge in [0.1, 0.15) is 0 Å². The molecule has 0 saturated carbocycles. The summed E-state index contributed by atoms with van der Waals surface area (Å²) in [5.41, 5.74) is 1.30. The Morgan fingerprint density at radius 3 is 2.29 bits per heavy atom. The van der Waals surface area contributed by atoms with E-state index in [1.807, 2.05) is 36.4 Å². The van der Waals surface area contributed by atoms with Gasteiger partial charge < -0.3 is 0 Å². The highest BCUT2D eigenvalue weighted by atomic mass is 35.5. The summed E-state index contributed by atoms with van der Waals surface area (Å²) in [6.45, 7) is 1.48. The lowest BCUT2D eigenvalue weighted by molar-refractivity contribution is -0.118. The van der Waals surface area contributed by atoms with Crippen LogP contribution in [0.25, 0.3) is 0 Å². The molecule has 0 aliphatic heterocycles. The zero-order chi connectivity index (χ0) is 12.3. The lowest BCUT2D eigenvalue weighted by Crippen LogP contribution is -2.30. The van der Waals surface area contributed by atoms with Crippen LogP contribution in [0.5, 0.6) is 0 Å². The van der Waals surface area contributed by atoms with Crippen LogP contribution in [0.4, 0.5) is 0 Å². The maximum Gasteiger partial charge on any atom is 0.169 e. The van der Waals surface area contributed by atoms with Gasteiger partial charge in [-0.1, -0.05) is 48.0 Å². The van der Waals surface area contributed by atoms with Gasteiger partial charge in [-0.15, -0.1) is 0 Å². The van der Waals surface area contributed by atoms with Gasteiger partial charge in [-0.25, -0.2) is 0 Å². The van der Waals surface area contributed by atoms with Crippen LogP contribution in [0.15, 0.2) is 54.7 Å². The maximum absolute atomic E-state index is 11.9. The van der Waals surface area contributed by atoms with Crippen LogP contribution in [0.3, 0.4) is 0 Å². The molecule has 0 saturated heterocycles. The SMILES string of the molecule is CC(=O)C(Cl)(c1ccccc1)c1ccccn1. The van der Waals surface area contributed by atoms with Crippen molar-refractivity contribution < 1.29 is 4.79 Å². The first-order chi connectivity index (χ1) is 8.15. The van der Waals surface area contributed by atoms with Gasteiger partial charge >= 0.3 is 0 Å². The van der Waals surface area contributed by atoms with E-state index < -0.39 is 4.87 Å². The van der Waals surface area contributed by atoms with Gasteiger partial charge in [0.15, 0.2) is 10.7 Å². The highest BCUT2D eigenvalue weighted by Crippen LogP contribution is 2.36. The normalized spacial score (nSPS) is 14.0. The Kier molecular flexibility index (Phi) is 3.25. The van der Waals surface area contributed by atoms with Crippen LogP contribution < -0.4 is 0 Å². The predicted molar refractivity (Wildman–Crippen MR) is 68.0 cm³/mol. The molecule has 0 fully saturated rings. The third kappa shape index (κ3) is 2.08. The summed E-state index contributed by atoms with van der Waals surface area (Å²) < 4.78 is 0. The largest absolute Gasteiger partial charge is 0.297 e. The molecule has 0 bridgehead atoms. The number of hydrogen-bond acceptors (Lipinski definition) is 2. The van der Waals surface area contributed by atoms with Crippen molar-refractivity contribution in [3.05, 3.63) is 66.0 Å². The van der Waals surface area contributed by atoms with E-state index in [-0.39, 0.29) is 5.78 Å². The Bertz CT molecular complexity index is 471. The number of hydrogen-bond donors (Lipinski definition) is 0. The molecule has 2 nitrogen and oxygen atoms in total. The summed E-state index contributed by atoms with van der Waals surface area (Å²) in [5.74, 6) is -0.135. The molecule has 17 heavy (non-hydrogen) atoms. The molecule has 0 radical (unpaired) electrons. The van der Waals surface area contributed by atoms with Crippen molar-refractivity contribution in [3.8, 4) is 0 Å². The maximum atomic E-state index is 11.9. The fourth-order valence-electron chi connectivity index (χ4n) is 1.77. The van der Waals surface area contributed by atoms with Gasteiger partial charge in [0, 0.05) is 6.20 Å². The van der Waals surface area contributed by atoms with Crippen molar-refractivity contribution in [1.82, 2.24) is 4.98 Å². The van der Waals surface area contributed by atoms with E-state index in [1.54, 1.807) is 18.3 Å². The van der Waals surface area contributed by atoms with Gasteiger partial charge in [0.2, 0.25) is 0 Å². The first kappa shape index (κ1) is 11.8. The van der Waals surface area contributed by atoms with Crippen molar-refractivity contribution >= 4 is 17.4 Å². The number of pyridine rings is 1. The van der Waals surface area contributed by atoms with Crippen molar-refractivity contribution in [1.29, 1.82) is 0 Å². The standard InChI is InChI=1S/C14H12ClNO/c1-11(17)14(15,12-7-3-2-4-8-12)13-9-5-6-10-16-13/h2-10H,1H3. The number of carbonyl (C=O) groups excluding carboxylic acids is 1. The molecule has 0 aliphatic carbocycles. The van der Waals surface area contributed by atoms with Crippen LogP contribution in [0, 0.1) is 0 Å². The molecular formula is C14H12ClNO. The number of nitrogens with zero attached hydrogens (tertiary/aromatic N) is 1. The lowest BCUT2D eigenvalue weighted by atomic mass is 9.91. The van der Waals surface area contributed by atoms with Crippen molar-refractivity contribution in [2.75, 3.05) is 0 Å². The fraction of sp³-hybridized carbons (Fsp3) is 0.143. The molecule has 1 aromatic carbocycles.